The number of carbonyl (C=O) groups excluding carboxylic acids is 1. The van der Waals surface area contributed by atoms with Crippen molar-refractivity contribution in [1.29, 1.82) is 0 Å². The fourth-order valence-electron chi connectivity index (χ4n) is 3.38. The first-order valence-corrected chi connectivity index (χ1v) is 10.5. The van der Waals surface area contributed by atoms with E-state index in [9.17, 15) is 4.79 Å². The molecule has 6 heteroatoms. The zero-order chi connectivity index (χ0) is 20.3. The van der Waals surface area contributed by atoms with Crippen LogP contribution in [0.4, 0.5) is 0 Å². The summed E-state index contributed by atoms with van der Waals surface area (Å²) in [4.78, 5) is 17.2. The lowest BCUT2D eigenvalue weighted by molar-refractivity contribution is -0.612. The van der Waals surface area contributed by atoms with Crippen molar-refractivity contribution in [3.63, 3.8) is 0 Å². The van der Waals surface area contributed by atoms with E-state index in [0.29, 0.717) is 12.6 Å². The van der Waals surface area contributed by atoms with E-state index in [4.69, 9.17) is 4.74 Å². The average Bonchev–Trinajstić information content (AvgIpc) is 3.46. The van der Waals surface area contributed by atoms with Gasteiger partial charge in [0.2, 0.25) is 0 Å². The van der Waals surface area contributed by atoms with Gasteiger partial charge < -0.3 is 15.0 Å². The van der Waals surface area contributed by atoms with Gasteiger partial charge in [-0.3, -0.25) is 4.79 Å². The molecule has 4 aromatic rings. The second kappa shape index (κ2) is 8.02. The second-order valence-electron chi connectivity index (χ2n) is 6.93. The number of nitrogens with two attached hydrogens (primary N) is 1. The van der Waals surface area contributed by atoms with Gasteiger partial charge in [0.15, 0.2) is 11.4 Å². The van der Waals surface area contributed by atoms with Crippen molar-refractivity contribution >= 4 is 33.5 Å². The van der Waals surface area contributed by atoms with Crippen LogP contribution in [0.25, 0.3) is 10.9 Å². The van der Waals surface area contributed by atoms with Crippen molar-refractivity contribution in [2.24, 2.45) is 0 Å². The van der Waals surface area contributed by atoms with E-state index in [2.05, 4.69) is 4.98 Å². The zero-order valence-corrected chi connectivity index (χ0v) is 16.9. The van der Waals surface area contributed by atoms with Gasteiger partial charge in [-0.1, -0.05) is 66.4 Å². The van der Waals surface area contributed by atoms with Gasteiger partial charge in [-0.05, 0) is 29.3 Å². The van der Waals surface area contributed by atoms with Crippen molar-refractivity contribution in [2.45, 2.75) is 6.61 Å². The summed E-state index contributed by atoms with van der Waals surface area (Å²) < 4.78 is 7.59. The van der Waals surface area contributed by atoms with Gasteiger partial charge in [-0.25, -0.2) is 4.57 Å². The normalized spacial score (nSPS) is 13.2. The molecule has 0 atom stereocenters. The molecule has 5 rings (SSSR count). The van der Waals surface area contributed by atoms with Gasteiger partial charge in [0.25, 0.3) is 11.3 Å². The lowest BCUT2D eigenvalue weighted by Gasteiger charge is -2.16. The number of rotatable bonds is 5. The maximum atomic E-state index is 13.1. The summed E-state index contributed by atoms with van der Waals surface area (Å²) in [5, 5.41) is 5.82. The molecule has 0 fully saturated rings. The fourth-order valence-corrected chi connectivity index (χ4v) is 4.25. The molecule has 0 unspecified atom stereocenters. The lowest BCUT2D eigenvalue weighted by Crippen LogP contribution is -2.88. The number of carbonyl (C=O) groups is 1. The summed E-state index contributed by atoms with van der Waals surface area (Å²) in [6, 6.07) is 22.4. The molecular formula is C24H19N3O2S. The summed E-state index contributed by atoms with van der Waals surface area (Å²) in [6.07, 6.45) is 5.37. The molecule has 0 radical (unpaired) electrons. The Morgan fingerprint density at radius 2 is 2.03 bits per heavy atom. The number of nitrogens with zero attached hydrogens (tertiary/aromatic N) is 2. The van der Waals surface area contributed by atoms with Crippen LogP contribution in [-0.2, 0) is 18.0 Å². The van der Waals surface area contributed by atoms with Gasteiger partial charge in [0, 0.05) is 0 Å². The standard InChI is InChI=1S/C24H19N3O2S/c28-24(21-16-30-23(26-21)19-7-4-11-25-14-19)27-12-10-18-13-20(8-9-22(18)27)29-15-17-5-2-1-3-6-17/h1-14,16H,15,26H2. The van der Waals surface area contributed by atoms with Crippen LogP contribution in [0.3, 0.4) is 0 Å². The van der Waals surface area contributed by atoms with E-state index >= 15 is 0 Å². The number of fused-ring (bicyclic) bond motifs is 1. The van der Waals surface area contributed by atoms with Crippen LogP contribution >= 0.6 is 0 Å². The fraction of sp³-hybridized carbons (Fsp3) is 0.0417. The summed E-state index contributed by atoms with van der Waals surface area (Å²) in [5.74, 6) is 0.736. The minimum absolute atomic E-state index is 0.0469. The highest BCUT2D eigenvalue weighted by Gasteiger charge is 2.29. The van der Waals surface area contributed by atoms with E-state index in [0.717, 1.165) is 33.2 Å². The number of aromatic nitrogens is 2. The molecule has 0 spiro atoms. The van der Waals surface area contributed by atoms with Crippen molar-refractivity contribution in [2.75, 3.05) is 0 Å². The number of benzene rings is 2. The smallest absolute Gasteiger partial charge is 0.267 e. The maximum Gasteiger partial charge on any atom is 0.267 e. The number of pyridine rings is 1. The number of ether oxygens (including phenoxy) is 1. The molecule has 0 amide bonds. The Morgan fingerprint density at radius 3 is 2.87 bits per heavy atom. The molecule has 0 saturated heterocycles. The molecule has 0 bridgehead atoms. The SMILES string of the molecule is O=C([C-]1C=[S+][C-](c2cccnc2)[NH2+]1)[n+]1ccc2cc(OCc3ccccc3)cc[c-]21. The molecule has 3 heterocycles. The molecule has 5 nitrogen and oxygen atoms in total. The highest BCUT2D eigenvalue weighted by molar-refractivity contribution is 7.81. The molecule has 1 aliphatic rings. The summed E-state index contributed by atoms with van der Waals surface area (Å²) in [6.45, 7) is 0.512. The van der Waals surface area contributed by atoms with Crippen LogP contribution < -0.4 is 14.6 Å². The third-order valence-electron chi connectivity index (χ3n) is 4.92. The Labute approximate surface area is 178 Å². The minimum Gasteiger partial charge on any atom is -0.502 e. The zero-order valence-electron chi connectivity index (χ0n) is 16.1. The largest absolute Gasteiger partial charge is 0.502 e. The van der Waals surface area contributed by atoms with Gasteiger partial charge in [-0.15, -0.1) is 6.07 Å². The molecule has 0 aliphatic carbocycles. The van der Waals surface area contributed by atoms with Gasteiger partial charge in [-0.2, -0.15) is 0 Å². The highest BCUT2D eigenvalue weighted by atomic mass is 32.1. The van der Waals surface area contributed by atoms with Crippen molar-refractivity contribution in [3.8, 4) is 5.75 Å². The van der Waals surface area contributed by atoms with Gasteiger partial charge >= 0.3 is 0 Å². The molecular weight excluding hydrogens is 394 g/mol. The molecule has 1 aliphatic heterocycles. The first-order chi connectivity index (χ1) is 14.8. The van der Waals surface area contributed by atoms with Crippen LogP contribution in [0, 0.1) is 11.4 Å². The summed E-state index contributed by atoms with van der Waals surface area (Å²) in [7, 11) is 0. The Kier molecular flexibility index (Phi) is 4.93. The van der Waals surface area contributed by atoms with E-state index in [-0.39, 0.29) is 5.91 Å². The van der Waals surface area contributed by atoms with Crippen LogP contribution in [0.2, 0.25) is 0 Å². The van der Waals surface area contributed by atoms with E-state index in [1.807, 2.05) is 89.8 Å². The number of quaternary nitrogens is 1. The Morgan fingerprint density at radius 1 is 1.13 bits per heavy atom. The predicted molar refractivity (Wildman–Crippen MR) is 116 cm³/mol. The predicted octanol–water partition coefficient (Wildman–Crippen LogP) is 1.99. The Hall–Kier alpha value is -3.61. The molecule has 0 saturated carbocycles. The summed E-state index contributed by atoms with van der Waals surface area (Å²) >= 11 is 1.55. The van der Waals surface area contributed by atoms with E-state index < -0.39 is 0 Å². The van der Waals surface area contributed by atoms with Crippen LogP contribution in [0.1, 0.15) is 15.9 Å². The lowest BCUT2D eigenvalue weighted by atomic mass is 10.2. The quantitative estimate of drug-likeness (QED) is 0.236. The first kappa shape index (κ1) is 18.4. The molecule has 2 N–H and O–H groups in total. The van der Waals surface area contributed by atoms with Gasteiger partial charge in [0.1, 0.15) is 12.1 Å². The number of hydrogen-bond donors (Lipinski definition) is 1. The molecule has 30 heavy (non-hydrogen) atoms. The van der Waals surface area contributed by atoms with Crippen LogP contribution in [0.5, 0.6) is 5.75 Å². The topological polar surface area (TPSA) is 59.7 Å². The highest BCUT2D eigenvalue weighted by Crippen LogP contribution is 2.20. The van der Waals surface area contributed by atoms with Gasteiger partial charge in [0.05, 0.1) is 17.3 Å². The maximum absolute atomic E-state index is 13.1. The van der Waals surface area contributed by atoms with E-state index in [1.54, 1.807) is 22.1 Å². The Bertz CT molecular complexity index is 1210. The second-order valence-corrected chi connectivity index (χ2v) is 7.84. The Balaban J connectivity index is 1.30. The third-order valence-corrected chi connectivity index (χ3v) is 5.90. The molecule has 2 aromatic carbocycles. The van der Waals surface area contributed by atoms with Crippen molar-refractivity contribution in [1.82, 2.24) is 4.98 Å². The monoisotopic (exact) mass is 413 g/mol. The van der Waals surface area contributed by atoms with Crippen LogP contribution in [0.15, 0.2) is 85.3 Å². The molecule has 2 aromatic heterocycles. The van der Waals surface area contributed by atoms with Crippen LogP contribution in [-0.4, -0.2) is 16.3 Å². The average molecular weight is 414 g/mol. The third kappa shape index (κ3) is 3.66. The van der Waals surface area contributed by atoms with E-state index in [1.165, 1.54) is 0 Å². The van der Waals surface area contributed by atoms with Crippen molar-refractivity contribution in [3.05, 3.63) is 108 Å². The van der Waals surface area contributed by atoms with Crippen molar-refractivity contribution < 1.29 is 19.4 Å². The summed E-state index contributed by atoms with van der Waals surface area (Å²) in [5.41, 5.74) is 2.99. The first-order valence-electron chi connectivity index (χ1n) is 9.59. The number of hydrogen-bond acceptors (Lipinski definition) is 3. The minimum atomic E-state index is -0.0469. The molecule has 148 valence electrons.